The Morgan fingerprint density at radius 2 is 1.57 bits per heavy atom. The molecule has 0 bridgehead atoms. The number of anilines is 1. The molecule has 0 aliphatic rings. The molecule has 2 atom stereocenters. The van der Waals surface area contributed by atoms with Crippen LogP contribution in [-0.4, -0.2) is 43.8 Å². The van der Waals surface area contributed by atoms with E-state index in [4.69, 9.17) is 11.6 Å². The van der Waals surface area contributed by atoms with Crippen molar-refractivity contribution >= 4 is 55.1 Å². The molecular weight excluding hydrogens is 614 g/mol. The van der Waals surface area contributed by atoms with Crippen LogP contribution in [0.1, 0.15) is 43.9 Å². The van der Waals surface area contributed by atoms with E-state index in [1.165, 1.54) is 29.2 Å². The number of halogens is 2. The Labute approximate surface area is 250 Å². The van der Waals surface area contributed by atoms with Gasteiger partial charge in [-0.05, 0) is 99.3 Å². The third-order valence-corrected chi connectivity index (χ3v) is 9.46. The Bertz CT molecular complexity index is 1450. The van der Waals surface area contributed by atoms with E-state index < -0.39 is 28.5 Å². The molecule has 0 spiro atoms. The molecule has 3 aromatic carbocycles. The zero-order valence-electron chi connectivity index (χ0n) is 23.3. The molecule has 0 fully saturated rings. The Kier molecular flexibility index (Phi) is 10.8. The zero-order chi connectivity index (χ0) is 29.6. The summed E-state index contributed by atoms with van der Waals surface area (Å²) in [6.07, 6.45) is 0.735. The van der Waals surface area contributed by atoms with Gasteiger partial charge in [-0.15, -0.1) is 0 Å². The third-order valence-electron chi connectivity index (χ3n) is 6.89. The van der Waals surface area contributed by atoms with E-state index in [1.807, 2.05) is 58.0 Å². The second kappa shape index (κ2) is 13.7. The fourth-order valence-electron chi connectivity index (χ4n) is 3.98. The van der Waals surface area contributed by atoms with Gasteiger partial charge < -0.3 is 10.2 Å². The van der Waals surface area contributed by atoms with E-state index in [1.54, 1.807) is 19.1 Å². The first-order valence-electron chi connectivity index (χ1n) is 13.0. The van der Waals surface area contributed by atoms with E-state index in [0.29, 0.717) is 10.7 Å². The van der Waals surface area contributed by atoms with Crippen molar-refractivity contribution in [2.75, 3.05) is 10.8 Å². The second-order valence-electron chi connectivity index (χ2n) is 9.88. The quantitative estimate of drug-likeness (QED) is 0.267. The highest BCUT2D eigenvalue weighted by atomic mass is 79.9. The maximum atomic E-state index is 14.0. The number of hydrogen-bond acceptors (Lipinski definition) is 4. The number of nitrogens with one attached hydrogen (secondary N) is 1. The standard InChI is InChI=1S/C30H35BrClN3O4S/c1-6-22(4)33-30(37)23(5)34(18-24-8-10-25(31)11-9-24)29(36)19-35(27-14-7-20(2)21(3)17-27)40(38,39)28-15-12-26(32)13-16-28/h7-17,22-23H,6,18-19H2,1-5H3,(H,33,37)/t22-,23+/m1/s1. The first-order chi connectivity index (χ1) is 18.8. The molecule has 2 amide bonds. The van der Waals surface area contributed by atoms with Crippen LogP contribution in [0, 0.1) is 13.8 Å². The van der Waals surface area contributed by atoms with Crippen LogP contribution in [0.4, 0.5) is 5.69 Å². The lowest BCUT2D eigenvalue weighted by Gasteiger charge is -2.32. The molecule has 10 heteroatoms. The summed E-state index contributed by atoms with van der Waals surface area (Å²) in [6, 6.07) is 17.6. The summed E-state index contributed by atoms with van der Waals surface area (Å²) in [5, 5.41) is 3.33. The van der Waals surface area contributed by atoms with Crippen molar-refractivity contribution in [3.05, 3.63) is 92.9 Å². The van der Waals surface area contributed by atoms with Gasteiger partial charge in [0.05, 0.1) is 10.6 Å². The van der Waals surface area contributed by atoms with Crippen LogP contribution < -0.4 is 9.62 Å². The molecule has 0 radical (unpaired) electrons. The Hall–Kier alpha value is -2.88. The number of amides is 2. The third kappa shape index (κ3) is 7.86. The molecule has 0 heterocycles. The van der Waals surface area contributed by atoms with E-state index >= 15 is 0 Å². The normalized spacial score (nSPS) is 12.9. The van der Waals surface area contributed by atoms with Gasteiger partial charge in [-0.2, -0.15) is 0 Å². The van der Waals surface area contributed by atoms with Crippen molar-refractivity contribution in [3.63, 3.8) is 0 Å². The van der Waals surface area contributed by atoms with Crippen LogP contribution in [0.3, 0.4) is 0 Å². The lowest BCUT2D eigenvalue weighted by molar-refractivity contribution is -0.139. The van der Waals surface area contributed by atoms with Gasteiger partial charge in [-0.3, -0.25) is 13.9 Å². The van der Waals surface area contributed by atoms with Gasteiger partial charge in [0.15, 0.2) is 0 Å². The SMILES string of the molecule is CC[C@@H](C)NC(=O)[C@H](C)N(Cc1ccc(Br)cc1)C(=O)CN(c1ccc(C)c(C)c1)S(=O)(=O)c1ccc(Cl)cc1. The zero-order valence-corrected chi connectivity index (χ0v) is 26.5. The Morgan fingerprint density at radius 3 is 2.15 bits per heavy atom. The number of benzene rings is 3. The highest BCUT2D eigenvalue weighted by molar-refractivity contribution is 9.10. The van der Waals surface area contributed by atoms with Gasteiger partial charge in [0, 0.05) is 22.1 Å². The molecule has 0 aliphatic heterocycles. The molecule has 214 valence electrons. The highest BCUT2D eigenvalue weighted by Crippen LogP contribution is 2.27. The monoisotopic (exact) mass is 647 g/mol. The van der Waals surface area contributed by atoms with Crippen LogP contribution in [0.25, 0.3) is 0 Å². The van der Waals surface area contributed by atoms with E-state index in [2.05, 4.69) is 21.2 Å². The van der Waals surface area contributed by atoms with E-state index in [-0.39, 0.29) is 23.4 Å². The molecule has 0 unspecified atom stereocenters. The lowest BCUT2D eigenvalue weighted by atomic mass is 10.1. The number of sulfonamides is 1. The summed E-state index contributed by atoms with van der Waals surface area (Å²) in [4.78, 5) is 28.6. The minimum Gasteiger partial charge on any atom is -0.352 e. The first-order valence-corrected chi connectivity index (χ1v) is 15.6. The van der Waals surface area contributed by atoms with Crippen molar-refractivity contribution in [3.8, 4) is 0 Å². The predicted octanol–water partition coefficient (Wildman–Crippen LogP) is 6.25. The predicted molar refractivity (Wildman–Crippen MR) is 164 cm³/mol. The van der Waals surface area contributed by atoms with Gasteiger partial charge in [-0.25, -0.2) is 8.42 Å². The fraction of sp³-hybridized carbons (Fsp3) is 0.333. The summed E-state index contributed by atoms with van der Waals surface area (Å²) < 4.78 is 29.8. The van der Waals surface area contributed by atoms with Crippen LogP contribution in [0.15, 0.2) is 76.1 Å². The molecule has 3 aromatic rings. The van der Waals surface area contributed by atoms with Crippen LogP contribution >= 0.6 is 27.5 Å². The lowest BCUT2D eigenvalue weighted by Crippen LogP contribution is -2.52. The first kappa shape index (κ1) is 31.6. The second-order valence-corrected chi connectivity index (χ2v) is 13.1. The summed E-state index contributed by atoms with van der Waals surface area (Å²) in [7, 11) is -4.16. The molecule has 0 saturated heterocycles. The minimum absolute atomic E-state index is 0.00458. The summed E-state index contributed by atoms with van der Waals surface area (Å²) in [5.41, 5.74) is 3.03. The maximum absolute atomic E-state index is 14.0. The molecular formula is C30H35BrClN3O4S. The molecule has 0 aromatic heterocycles. The van der Waals surface area contributed by atoms with Crippen molar-refractivity contribution in [1.29, 1.82) is 0 Å². The minimum atomic E-state index is -4.16. The van der Waals surface area contributed by atoms with E-state index in [0.717, 1.165) is 31.9 Å². The van der Waals surface area contributed by atoms with Crippen molar-refractivity contribution < 1.29 is 18.0 Å². The van der Waals surface area contributed by atoms with Crippen molar-refractivity contribution in [2.24, 2.45) is 0 Å². The number of carbonyl (C=O) groups is 2. The summed E-state index contributed by atoms with van der Waals surface area (Å²) in [6.45, 7) is 8.96. The molecule has 0 saturated carbocycles. The number of hydrogen-bond donors (Lipinski definition) is 1. The Morgan fingerprint density at radius 1 is 0.950 bits per heavy atom. The summed E-state index contributed by atoms with van der Waals surface area (Å²) in [5.74, 6) is -0.816. The Balaban J connectivity index is 2.04. The molecule has 1 N–H and O–H groups in total. The van der Waals surface area contributed by atoms with Gasteiger partial charge in [-0.1, -0.05) is 52.7 Å². The fourth-order valence-corrected chi connectivity index (χ4v) is 5.77. The highest BCUT2D eigenvalue weighted by Gasteiger charge is 2.33. The average molecular weight is 649 g/mol. The molecule has 0 aliphatic carbocycles. The van der Waals surface area contributed by atoms with Gasteiger partial charge >= 0.3 is 0 Å². The van der Waals surface area contributed by atoms with E-state index in [9.17, 15) is 18.0 Å². The topological polar surface area (TPSA) is 86.8 Å². The maximum Gasteiger partial charge on any atom is 0.264 e. The van der Waals surface area contributed by atoms with Gasteiger partial charge in [0.1, 0.15) is 12.6 Å². The number of rotatable bonds is 11. The molecule has 40 heavy (non-hydrogen) atoms. The summed E-state index contributed by atoms with van der Waals surface area (Å²) >= 11 is 9.43. The van der Waals surface area contributed by atoms with Gasteiger partial charge in [0.25, 0.3) is 10.0 Å². The largest absolute Gasteiger partial charge is 0.352 e. The van der Waals surface area contributed by atoms with Crippen molar-refractivity contribution in [2.45, 2.75) is 64.6 Å². The molecule has 7 nitrogen and oxygen atoms in total. The van der Waals surface area contributed by atoms with Crippen LogP contribution in [-0.2, 0) is 26.2 Å². The number of nitrogens with zero attached hydrogens (tertiary/aromatic N) is 2. The number of aryl methyl sites for hydroxylation is 2. The smallest absolute Gasteiger partial charge is 0.264 e. The van der Waals surface area contributed by atoms with Crippen LogP contribution in [0.5, 0.6) is 0 Å². The molecule has 3 rings (SSSR count). The van der Waals surface area contributed by atoms with Crippen LogP contribution in [0.2, 0.25) is 5.02 Å². The van der Waals surface area contributed by atoms with Gasteiger partial charge in [0.2, 0.25) is 11.8 Å². The van der Waals surface area contributed by atoms with Crippen molar-refractivity contribution in [1.82, 2.24) is 10.2 Å². The average Bonchev–Trinajstić information content (AvgIpc) is 2.92. The number of carbonyl (C=O) groups excluding carboxylic acids is 2.